The molecule has 0 bridgehead atoms. The molecule has 0 saturated heterocycles. The molecule has 1 amide bonds. The van der Waals surface area contributed by atoms with Gasteiger partial charge >= 0.3 is 0 Å². The lowest BCUT2D eigenvalue weighted by Gasteiger charge is -2.32. The van der Waals surface area contributed by atoms with Gasteiger partial charge in [0.05, 0.1) is 12.2 Å². The Labute approximate surface area is 156 Å². The van der Waals surface area contributed by atoms with Crippen molar-refractivity contribution in [1.29, 1.82) is 0 Å². The highest BCUT2D eigenvalue weighted by molar-refractivity contribution is 5.94. The van der Waals surface area contributed by atoms with E-state index in [1.54, 1.807) is 0 Å². The third-order valence-corrected chi connectivity index (χ3v) is 4.91. The van der Waals surface area contributed by atoms with Crippen LogP contribution in [0.3, 0.4) is 0 Å². The molecule has 0 fully saturated rings. The van der Waals surface area contributed by atoms with E-state index < -0.39 is 0 Å². The van der Waals surface area contributed by atoms with Crippen LogP contribution in [-0.2, 0) is 11.2 Å². The molecule has 0 unspecified atom stereocenters. The number of carbonyl (C=O) groups excluding carboxylic acids is 1. The van der Waals surface area contributed by atoms with Gasteiger partial charge in [-0.25, -0.2) is 0 Å². The van der Waals surface area contributed by atoms with Crippen LogP contribution in [0.2, 0.25) is 0 Å². The number of nitrogens with zero attached hydrogens (tertiary/aromatic N) is 2. The Morgan fingerprint density at radius 1 is 1.15 bits per heavy atom. The number of likely N-dealkylation sites (N-methyl/N-ethyl adjacent to an activating group) is 1. The second-order valence-corrected chi connectivity index (χ2v) is 6.56. The Bertz CT molecular complexity index is 730. The number of carbonyl (C=O) groups is 1. The van der Waals surface area contributed by atoms with E-state index in [0.717, 1.165) is 49.7 Å². The minimum absolute atomic E-state index is 0.183. The molecule has 2 aromatic rings. The van der Waals surface area contributed by atoms with Gasteiger partial charge in [0.25, 0.3) is 0 Å². The van der Waals surface area contributed by atoms with E-state index in [9.17, 15) is 4.79 Å². The average Bonchev–Trinajstić information content (AvgIpc) is 2.69. The van der Waals surface area contributed by atoms with E-state index in [1.807, 2.05) is 42.2 Å². The van der Waals surface area contributed by atoms with Crippen molar-refractivity contribution in [2.75, 3.05) is 36.0 Å². The van der Waals surface area contributed by atoms with Gasteiger partial charge in [-0.05, 0) is 50.5 Å². The fourth-order valence-electron chi connectivity index (χ4n) is 3.48. The highest BCUT2D eigenvalue weighted by Crippen LogP contribution is 2.35. The molecule has 4 heteroatoms. The van der Waals surface area contributed by atoms with Crippen molar-refractivity contribution in [3.05, 3.63) is 54.1 Å². The molecular formula is C22H28N2O2. The van der Waals surface area contributed by atoms with Crippen LogP contribution in [0.4, 0.5) is 11.4 Å². The highest BCUT2D eigenvalue weighted by atomic mass is 16.5. The van der Waals surface area contributed by atoms with Crippen molar-refractivity contribution in [3.63, 3.8) is 0 Å². The number of hydrogen-bond donors (Lipinski definition) is 0. The maximum atomic E-state index is 12.8. The summed E-state index contributed by atoms with van der Waals surface area (Å²) in [4.78, 5) is 16.9. The van der Waals surface area contributed by atoms with Crippen LogP contribution in [0.15, 0.2) is 48.5 Å². The highest BCUT2D eigenvalue weighted by Gasteiger charge is 2.20. The minimum Gasteiger partial charge on any atom is -0.490 e. The topological polar surface area (TPSA) is 32.8 Å². The lowest BCUT2D eigenvalue weighted by atomic mass is 10.1. The first-order chi connectivity index (χ1) is 12.7. The first-order valence-corrected chi connectivity index (χ1v) is 9.59. The molecule has 4 nitrogen and oxygen atoms in total. The lowest BCUT2D eigenvalue weighted by molar-refractivity contribution is -0.118. The van der Waals surface area contributed by atoms with Gasteiger partial charge in [0, 0.05) is 25.2 Å². The normalized spacial score (nSPS) is 13.1. The molecule has 0 atom stereocenters. The number of amides is 1. The quantitative estimate of drug-likeness (QED) is 0.745. The summed E-state index contributed by atoms with van der Waals surface area (Å²) in [5.74, 6) is 1.09. The lowest BCUT2D eigenvalue weighted by Crippen LogP contribution is -2.34. The third-order valence-electron chi connectivity index (χ3n) is 4.91. The third kappa shape index (κ3) is 4.18. The first kappa shape index (κ1) is 18.3. The first-order valence-electron chi connectivity index (χ1n) is 9.59. The monoisotopic (exact) mass is 352 g/mol. The largest absolute Gasteiger partial charge is 0.490 e. The summed E-state index contributed by atoms with van der Waals surface area (Å²) in [6.07, 6.45) is 2.37. The van der Waals surface area contributed by atoms with E-state index in [-0.39, 0.29) is 5.91 Å². The van der Waals surface area contributed by atoms with Gasteiger partial charge in [-0.2, -0.15) is 0 Å². The van der Waals surface area contributed by atoms with Gasteiger partial charge in [-0.3, -0.25) is 4.79 Å². The van der Waals surface area contributed by atoms with Crippen molar-refractivity contribution < 1.29 is 9.53 Å². The van der Waals surface area contributed by atoms with Crippen LogP contribution in [0.5, 0.6) is 5.75 Å². The Hall–Kier alpha value is -2.49. The Morgan fingerprint density at radius 3 is 2.69 bits per heavy atom. The molecule has 2 aromatic carbocycles. The molecule has 0 aromatic heterocycles. The van der Waals surface area contributed by atoms with Crippen LogP contribution in [0, 0.1) is 0 Å². The van der Waals surface area contributed by atoms with Crippen LogP contribution in [-0.4, -0.2) is 32.1 Å². The average molecular weight is 352 g/mol. The second kappa shape index (κ2) is 8.75. The molecule has 0 N–H and O–H groups in total. The van der Waals surface area contributed by atoms with Gasteiger partial charge in [0.15, 0.2) is 0 Å². The predicted molar refractivity (Wildman–Crippen MR) is 107 cm³/mol. The molecule has 26 heavy (non-hydrogen) atoms. The van der Waals surface area contributed by atoms with Gasteiger partial charge in [0.1, 0.15) is 12.4 Å². The zero-order chi connectivity index (χ0) is 18.4. The number of ether oxygens (including phenoxy) is 1. The van der Waals surface area contributed by atoms with E-state index in [2.05, 4.69) is 30.0 Å². The second-order valence-electron chi connectivity index (χ2n) is 6.56. The van der Waals surface area contributed by atoms with E-state index >= 15 is 0 Å². The zero-order valence-corrected chi connectivity index (χ0v) is 15.8. The summed E-state index contributed by atoms with van der Waals surface area (Å²) < 4.78 is 5.75. The number of hydrogen-bond acceptors (Lipinski definition) is 3. The van der Waals surface area contributed by atoms with E-state index in [0.29, 0.717) is 13.0 Å². The number of aryl methyl sites for hydroxylation is 1. The molecule has 1 heterocycles. The van der Waals surface area contributed by atoms with Gasteiger partial charge in [-0.15, -0.1) is 0 Å². The SMILES string of the molecule is CCN1CCOc2ccc(N(CC)C(=O)CCCc3ccccc3)cc21. The van der Waals surface area contributed by atoms with Crippen molar-refractivity contribution >= 4 is 17.3 Å². The fourth-order valence-corrected chi connectivity index (χ4v) is 3.48. The van der Waals surface area contributed by atoms with Crippen LogP contribution in [0.1, 0.15) is 32.3 Å². The van der Waals surface area contributed by atoms with Gasteiger partial charge in [-0.1, -0.05) is 30.3 Å². The number of rotatable bonds is 7. The molecule has 0 saturated carbocycles. The molecule has 3 rings (SSSR count). The maximum absolute atomic E-state index is 12.8. The summed E-state index contributed by atoms with van der Waals surface area (Å²) in [7, 11) is 0. The van der Waals surface area contributed by atoms with Crippen molar-refractivity contribution in [2.45, 2.75) is 33.1 Å². The molecule has 0 spiro atoms. The van der Waals surface area contributed by atoms with Crippen molar-refractivity contribution in [1.82, 2.24) is 0 Å². The van der Waals surface area contributed by atoms with E-state index in [1.165, 1.54) is 5.56 Å². The molecular weight excluding hydrogens is 324 g/mol. The number of anilines is 2. The summed E-state index contributed by atoms with van der Waals surface area (Å²) in [6.45, 7) is 7.41. The van der Waals surface area contributed by atoms with Crippen LogP contribution in [0.25, 0.3) is 0 Å². The van der Waals surface area contributed by atoms with Crippen LogP contribution >= 0.6 is 0 Å². The smallest absolute Gasteiger partial charge is 0.226 e. The summed E-state index contributed by atoms with van der Waals surface area (Å²) in [5.41, 5.74) is 3.33. The fraction of sp³-hybridized carbons (Fsp3) is 0.409. The zero-order valence-electron chi connectivity index (χ0n) is 15.8. The molecule has 0 radical (unpaired) electrons. The predicted octanol–water partition coefficient (Wildman–Crippen LogP) is 4.28. The molecule has 0 aliphatic carbocycles. The molecule has 1 aliphatic rings. The van der Waals surface area contributed by atoms with Gasteiger partial charge < -0.3 is 14.5 Å². The summed E-state index contributed by atoms with van der Waals surface area (Å²) >= 11 is 0. The molecule has 1 aliphatic heterocycles. The Balaban J connectivity index is 1.67. The summed E-state index contributed by atoms with van der Waals surface area (Å²) in [5, 5.41) is 0. The van der Waals surface area contributed by atoms with Crippen molar-refractivity contribution in [3.8, 4) is 5.75 Å². The summed E-state index contributed by atoms with van der Waals surface area (Å²) in [6, 6.07) is 16.4. The number of fused-ring (bicyclic) bond motifs is 1. The van der Waals surface area contributed by atoms with Crippen LogP contribution < -0.4 is 14.5 Å². The Morgan fingerprint density at radius 2 is 1.96 bits per heavy atom. The molecule has 138 valence electrons. The minimum atomic E-state index is 0.183. The van der Waals surface area contributed by atoms with Crippen molar-refractivity contribution in [2.24, 2.45) is 0 Å². The van der Waals surface area contributed by atoms with Gasteiger partial charge in [0.2, 0.25) is 5.91 Å². The standard InChI is InChI=1S/C22H28N2O2/c1-3-23-15-16-26-21-14-13-19(17-20(21)23)24(4-2)22(25)12-8-11-18-9-6-5-7-10-18/h5-7,9-10,13-14,17H,3-4,8,11-12,15-16H2,1-2H3. The number of benzene rings is 2. The Kier molecular flexibility index (Phi) is 6.16. The van der Waals surface area contributed by atoms with E-state index in [4.69, 9.17) is 4.74 Å². The maximum Gasteiger partial charge on any atom is 0.226 e.